The summed E-state index contributed by atoms with van der Waals surface area (Å²) in [6.07, 6.45) is 3.88. The zero-order valence-electron chi connectivity index (χ0n) is 16.2. The largest absolute Gasteiger partial charge is 0.461 e. The molecule has 2 heterocycles. The van der Waals surface area contributed by atoms with Gasteiger partial charge in [0, 0.05) is 13.1 Å². The van der Waals surface area contributed by atoms with Crippen LogP contribution in [0.4, 0.5) is 0 Å². The van der Waals surface area contributed by atoms with E-state index in [1.165, 1.54) is 6.42 Å². The lowest BCUT2D eigenvalue weighted by molar-refractivity contribution is 0.292. The molecule has 1 unspecified atom stereocenters. The highest BCUT2D eigenvalue weighted by molar-refractivity contribution is 5.79. The molecule has 0 saturated heterocycles. The molecule has 2 aromatic rings. The van der Waals surface area contributed by atoms with Crippen molar-refractivity contribution in [2.45, 2.75) is 46.2 Å². The fourth-order valence-electron chi connectivity index (χ4n) is 2.72. The molecule has 0 aliphatic rings. The molecular formula is C18H31N7O. The van der Waals surface area contributed by atoms with Crippen molar-refractivity contribution >= 4 is 5.96 Å². The van der Waals surface area contributed by atoms with Crippen molar-refractivity contribution in [2.75, 3.05) is 26.7 Å². The first-order valence-electron chi connectivity index (χ1n) is 9.30. The van der Waals surface area contributed by atoms with Crippen LogP contribution in [0.2, 0.25) is 0 Å². The first-order chi connectivity index (χ1) is 12.7. The van der Waals surface area contributed by atoms with Gasteiger partial charge < -0.3 is 20.0 Å². The molecule has 8 heteroatoms. The minimum absolute atomic E-state index is 0.352. The fourth-order valence-corrected chi connectivity index (χ4v) is 2.72. The Morgan fingerprint density at radius 3 is 2.85 bits per heavy atom. The number of aliphatic imine (C=N–C) groups is 1. The van der Waals surface area contributed by atoms with Gasteiger partial charge in [0.05, 0.1) is 12.8 Å². The molecule has 0 saturated carbocycles. The Bertz CT molecular complexity index is 646. The van der Waals surface area contributed by atoms with E-state index in [1.54, 1.807) is 13.3 Å². The molecule has 0 radical (unpaired) electrons. The van der Waals surface area contributed by atoms with E-state index in [4.69, 9.17) is 4.42 Å². The van der Waals surface area contributed by atoms with Crippen molar-refractivity contribution in [1.82, 2.24) is 30.7 Å². The zero-order valence-corrected chi connectivity index (χ0v) is 16.2. The van der Waals surface area contributed by atoms with E-state index in [-0.39, 0.29) is 0 Å². The number of rotatable bonds is 10. The van der Waals surface area contributed by atoms with Crippen molar-refractivity contribution in [2.24, 2.45) is 4.99 Å². The summed E-state index contributed by atoms with van der Waals surface area (Å²) in [5, 5.41) is 13.8. The smallest absolute Gasteiger partial charge is 0.216 e. The second-order valence-electron chi connectivity index (χ2n) is 6.22. The third kappa shape index (κ3) is 6.18. The average molecular weight is 361 g/mol. The molecule has 0 bridgehead atoms. The number of aromatic amines is 1. The van der Waals surface area contributed by atoms with Gasteiger partial charge in [-0.2, -0.15) is 0 Å². The summed E-state index contributed by atoms with van der Waals surface area (Å²) in [5.41, 5.74) is 0. The summed E-state index contributed by atoms with van der Waals surface area (Å²) in [4.78, 5) is 11.1. The summed E-state index contributed by atoms with van der Waals surface area (Å²) in [7, 11) is 1.77. The second-order valence-corrected chi connectivity index (χ2v) is 6.22. The van der Waals surface area contributed by atoms with Crippen LogP contribution < -0.4 is 10.6 Å². The first kappa shape index (κ1) is 20.0. The predicted molar refractivity (Wildman–Crippen MR) is 104 cm³/mol. The number of hydrogen-bond donors (Lipinski definition) is 3. The quantitative estimate of drug-likeness (QED) is 0.444. The van der Waals surface area contributed by atoms with E-state index >= 15 is 0 Å². The normalized spacial score (nSPS) is 13.2. The minimum atomic E-state index is 0.352. The van der Waals surface area contributed by atoms with E-state index in [0.29, 0.717) is 24.2 Å². The molecule has 0 aromatic carbocycles. The van der Waals surface area contributed by atoms with Gasteiger partial charge in [-0.3, -0.25) is 10.1 Å². The molecule has 0 aliphatic heterocycles. The third-order valence-corrected chi connectivity index (χ3v) is 4.31. The summed E-state index contributed by atoms with van der Waals surface area (Å²) in [5.74, 6) is 2.70. The molecule has 1 atom stereocenters. The van der Waals surface area contributed by atoms with E-state index in [1.807, 2.05) is 12.1 Å². The lowest BCUT2D eigenvalue weighted by Crippen LogP contribution is -2.42. The number of nitrogens with one attached hydrogen (secondary N) is 3. The number of nitrogens with zero attached hydrogens (tertiary/aromatic N) is 4. The lowest BCUT2D eigenvalue weighted by Gasteiger charge is -2.21. The summed E-state index contributed by atoms with van der Waals surface area (Å²) in [6, 6.07) is 4.00. The van der Waals surface area contributed by atoms with Gasteiger partial charge in [-0.1, -0.05) is 13.8 Å². The summed E-state index contributed by atoms with van der Waals surface area (Å²) < 4.78 is 5.30. The Hall–Kier alpha value is -2.35. The molecule has 0 spiro atoms. The Morgan fingerprint density at radius 1 is 1.38 bits per heavy atom. The maximum atomic E-state index is 5.30. The van der Waals surface area contributed by atoms with E-state index in [0.717, 1.165) is 37.8 Å². The van der Waals surface area contributed by atoms with Crippen LogP contribution in [0.3, 0.4) is 0 Å². The fraction of sp³-hybridized carbons (Fsp3) is 0.611. The number of H-pyrrole nitrogens is 1. The molecule has 8 nitrogen and oxygen atoms in total. The van der Waals surface area contributed by atoms with Crippen LogP contribution >= 0.6 is 0 Å². The minimum Gasteiger partial charge on any atom is -0.461 e. The molecule has 0 amide bonds. The maximum Gasteiger partial charge on any atom is 0.216 e. The number of furan rings is 1. The van der Waals surface area contributed by atoms with Crippen molar-refractivity contribution in [1.29, 1.82) is 0 Å². The van der Waals surface area contributed by atoms with Crippen LogP contribution in [-0.2, 0) is 6.54 Å². The monoisotopic (exact) mass is 361 g/mol. The molecule has 2 aromatic heterocycles. The van der Waals surface area contributed by atoms with Crippen LogP contribution in [0.1, 0.15) is 39.4 Å². The van der Waals surface area contributed by atoms with Crippen molar-refractivity contribution in [3.8, 4) is 11.6 Å². The van der Waals surface area contributed by atoms with Gasteiger partial charge in [-0.15, -0.1) is 5.10 Å². The van der Waals surface area contributed by atoms with Crippen molar-refractivity contribution < 1.29 is 4.42 Å². The highest BCUT2D eigenvalue weighted by Crippen LogP contribution is 2.14. The molecule has 26 heavy (non-hydrogen) atoms. The van der Waals surface area contributed by atoms with Gasteiger partial charge >= 0.3 is 0 Å². The lowest BCUT2D eigenvalue weighted by atomic mass is 10.2. The number of hydrogen-bond acceptors (Lipinski definition) is 5. The third-order valence-electron chi connectivity index (χ3n) is 4.31. The molecule has 0 aliphatic carbocycles. The predicted octanol–water partition coefficient (Wildman–Crippen LogP) is 2.24. The zero-order chi connectivity index (χ0) is 18.8. The topological polar surface area (TPSA) is 94.4 Å². The Kier molecular flexibility index (Phi) is 8.14. The number of guanidine groups is 1. The summed E-state index contributed by atoms with van der Waals surface area (Å²) >= 11 is 0. The van der Waals surface area contributed by atoms with E-state index in [9.17, 15) is 0 Å². The standard InChI is InChI=1S/C18H31N7O/c1-5-25(6-2)11-7-9-14(3)21-18(19-4)20-13-16-22-17(24-23-16)15-10-8-12-26-15/h8,10,12,14H,5-7,9,11,13H2,1-4H3,(H2,19,20,21)(H,22,23,24). The van der Waals surface area contributed by atoms with Gasteiger partial charge in [0.15, 0.2) is 11.7 Å². The van der Waals surface area contributed by atoms with Gasteiger partial charge in [-0.05, 0) is 51.5 Å². The molecule has 2 rings (SSSR count). The van der Waals surface area contributed by atoms with Crippen molar-refractivity contribution in [3.63, 3.8) is 0 Å². The molecule has 0 fully saturated rings. The molecule has 3 N–H and O–H groups in total. The second kappa shape index (κ2) is 10.6. The van der Waals surface area contributed by atoms with Gasteiger partial charge in [0.1, 0.15) is 5.82 Å². The molecule has 144 valence electrons. The average Bonchev–Trinajstić information content (AvgIpc) is 3.33. The van der Waals surface area contributed by atoms with Gasteiger partial charge in [-0.25, -0.2) is 4.98 Å². The highest BCUT2D eigenvalue weighted by atomic mass is 16.3. The van der Waals surface area contributed by atoms with E-state index < -0.39 is 0 Å². The Morgan fingerprint density at radius 2 is 2.19 bits per heavy atom. The van der Waals surface area contributed by atoms with Crippen LogP contribution in [0.25, 0.3) is 11.6 Å². The van der Waals surface area contributed by atoms with Crippen molar-refractivity contribution in [3.05, 3.63) is 24.2 Å². The Labute approximate surface area is 155 Å². The van der Waals surface area contributed by atoms with Gasteiger partial charge in [0.2, 0.25) is 5.82 Å². The highest BCUT2D eigenvalue weighted by Gasteiger charge is 2.10. The molecular weight excluding hydrogens is 330 g/mol. The van der Waals surface area contributed by atoms with Crippen LogP contribution in [-0.4, -0.2) is 58.8 Å². The van der Waals surface area contributed by atoms with Gasteiger partial charge in [0.25, 0.3) is 0 Å². The van der Waals surface area contributed by atoms with Crippen LogP contribution in [0.5, 0.6) is 0 Å². The van der Waals surface area contributed by atoms with Crippen LogP contribution in [0.15, 0.2) is 27.8 Å². The van der Waals surface area contributed by atoms with E-state index in [2.05, 4.69) is 56.5 Å². The Balaban J connectivity index is 1.73. The maximum absolute atomic E-state index is 5.30. The SMILES string of the molecule is CCN(CC)CCCC(C)NC(=NC)NCc1nc(-c2ccco2)n[nH]1. The van der Waals surface area contributed by atoms with Crippen LogP contribution in [0, 0.1) is 0 Å². The first-order valence-corrected chi connectivity index (χ1v) is 9.30. The number of aromatic nitrogens is 3. The summed E-state index contributed by atoms with van der Waals surface area (Å²) in [6.45, 7) is 10.5.